The van der Waals surface area contributed by atoms with Gasteiger partial charge in [0, 0.05) is 6.08 Å². The molecule has 0 aliphatic carbocycles. The van der Waals surface area contributed by atoms with Gasteiger partial charge in [0.15, 0.2) is 0 Å². The summed E-state index contributed by atoms with van der Waals surface area (Å²) in [6.07, 6.45) is 4.69. The van der Waals surface area contributed by atoms with Gasteiger partial charge in [-0.25, -0.2) is 0 Å². The van der Waals surface area contributed by atoms with Crippen molar-refractivity contribution in [2.75, 3.05) is 6.54 Å². The second-order valence-corrected chi connectivity index (χ2v) is 5.73. The van der Waals surface area contributed by atoms with E-state index in [1.165, 1.54) is 11.6 Å². The van der Waals surface area contributed by atoms with Crippen LogP contribution in [0.25, 0.3) is 6.08 Å². The van der Waals surface area contributed by atoms with Crippen molar-refractivity contribution in [3.63, 3.8) is 0 Å². The van der Waals surface area contributed by atoms with Gasteiger partial charge in [0.25, 0.3) is 0 Å². The molecule has 0 unspecified atom stereocenters. The number of nitrogens with one attached hydrogen (secondary N) is 2. The first-order valence-corrected chi connectivity index (χ1v) is 7.89. The standard InChI is InChI=1S/C19H22N2O3/c1-14(2)16-8-5-15(6-9-16)7-10-18(22)21-13-19(23)20-12-17-4-3-11-24-17/h3-11,14H,12-13H2,1-2H3,(H,20,23)(H,21,22)/b10-7+. The van der Waals surface area contributed by atoms with Gasteiger partial charge >= 0.3 is 0 Å². The van der Waals surface area contributed by atoms with E-state index >= 15 is 0 Å². The van der Waals surface area contributed by atoms with Gasteiger partial charge in [-0.1, -0.05) is 38.1 Å². The highest BCUT2D eigenvalue weighted by Crippen LogP contribution is 2.15. The molecule has 0 spiro atoms. The van der Waals surface area contributed by atoms with Crippen molar-refractivity contribution in [3.8, 4) is 0 Å². The zero-order chi connectivity index (χ0) is 17.4. The van der Waals surface area contributed by atoms with E-state index in [0.29, 0.717) is 18.2 Å². The Bertz CT molecular complexity index is 686. The van der Waals surface area contributed by atoms with Crippen LogP contribution in [0.1, 0.15) is 36.7 Å². The molecule has 126 valence electrons. The van der Waals surface area contributed by atoms with E-state index in [4.69, 9.17) is 4.42 Å². The van der Waals surface area contributed by atoms with Crippen molar-refractivity contribution in [3.05, 3.63) is 65.6 Å². The van der Waals surface area contributed by atoms with Crippen molar-refractivity contribution >= 4 is 17.9 Å². The second kappa shape index (κ2) is 8.72. The Labute approximate surface area is 141 Å². The number of furan rings is 1. The van der Waals surface area contributed by atoms with Crippen LogP contribution in [0.3, 0.4) is 0 Å². The average Bonchev–Trinajstić information content (AvgIpc) is 3.10. The monoisotopic (exact) mass is 326 g/mol. The maximum Gasteiger partial charge on any atom is 0.244 e. The average molecular weight is 326 g/mol. The molecule has 2 aromatic rings. The number of carbonyl (C=O) groups excluding carboxylic acids is 2. The van der Waals surface area contributed by atoms with E-state index in [2.05, 4.69) is 24.5 Å². The number of hydrogen-bond donors (Lipinski definition) is 2. The Kier molecular flexibility index (Phi) is 6.37. The Balaban J connectivity index is 1.72. The van der Waals surface area contributed by atoms with Gasteiger partial charge in [0.05, 0.1) is 19.4 Å². The molecule has 0 fully saturated rings. The topological polar surface area (TPSA) is 71.3 Å². The van der Waals surface area contributed by atoms with Crippen LogP contribution < -0.4 is 10.6 Å². The lowest BCUT2D eigenvalue weighted by atomic mass is 10.0. The summed E-state index contributed by atoms with van der Waals surface area (Å²) in [4.78, 5) is 23.4. The van der Waals surface area contributed by atoms with Crippen LogP contribution in [0.15, 0.2) is 53.2 Å². The first-order valence-electron chi connectivity index (χ1n) is 7.89. The normalized spacial score (nSPS) is 11.0. The molecule has 0 bridgehead atoms. The maximum atomic E-state index is 11.7. The van der Waals surface area contributed by atoms with E-state index in [1.807, 2.05) is 24.3 Å². The van der Waals surface area contributed by atoms with Crippen LogP contribution in [0, 0.1) is 0 Å². The fraction of sp³-hybridized carbons (Fsp3) is 0.263. The quantitative estimate of drug-likeness (QED) is 0.769. The molecule has 2 rings (SSSR count). The summed E-state index contributed by atoms with van der Waals surface area (Å²) >= 11 is 0. The molecule has 5 nitrogen and oxygen atoms in total. The lowest BCUT2D eigenvalue weighted by Crippen LogP contribution is -2.35. The second-order valence-electron chi connectivity index (χ2n) is 5.73. The van der Waals surface area contributed by atoms with Crippen LogP contribution in [0.5, 0.6) is 0 Å². The number of amides is 2. The van der Waals surface area contributed by atoms with Crippen molar-refractivity contribution in [1.29, 1.82) is 0 Å². The summed E-state index contributed by atoms with van der Waals surface area (Å²) in [6, 6.07) is 11.5. The maximum absolute atomic E-state index is 11.7. The third-order valence-electron chi connectivity index (χ3n) is 3.49. The molecule has 0 saturated heterocycles. The van der Waals surface area contributed by atoms with Crippen molar-refractivity contribution in [2.24, 2.45) is 0 Å². The summed E-state index contributed by atoms with van der Waals surface area (Å²) < 4.78 is 5.11. The number of benzene rings is 1. The fourth-order valence-electron chi connectivity index (χ4n) is 2.05. The Hall–Kier alpha value is -2.82. The molecule has 0 radical (unpaired) electrons. The molecule has 0 saturated carbocycles. The highest BCUT2D eigenvalue weighted by atomic mass is 16.3. The summed E-state index contributed by atoms with van der Waals surface area (Å²) in [5.41, 5.74) is 2.20. The van der Waals surface area contributed by atoms with E-state index in [0.717, 1.165) is 5.56 Å². The first kappa shape index (κ1) is 17.5. The summed E-state index contributed by atoms with van der Waals surface area (Å²) in [5, 5.41) is 5.20. The van der Waals surface area contributed by atoms with Crippen LogP contribution in [-0.4, -0.2) is 18.4 Å². The molecule has 1 heterocycles. The smallest absolute Gasteiger partial charge is 0.244 e. The van der Waals surface area contributed by atoms with E-state index < -0.39 is 0 Å². The number of carbonyl (C=O) groups is 2. The van der Waals surface area contributed by atoms with Crippen LogP contribution in [0.2, 0.25) is 0 Å². The molecule has 1 aromatic heterocycles. The van der Waals surface area contributed by atoms with E-state index in [9.17, 15) is 9.59 Å². The summed E-state index contributed by atoms with van der Waals surface area (Å²) in [6.45, 7) is 4.50. The van der Waals surface area contributed by atoms with Crippen molar-refractivity contribution < 1.29 is 14.0 Å². The van der Waals surface area contributed by atoms with Crippen molar-refractivity contribution in [1.82, 2.24) is 10.6 Å². The molecule has 2 N–H and O–H groups in total. The fourth-order valence-corrected chi connectivity index (χ4v) is 2.05. The van der Waals surface area contributed by atoms with Gasteiger partial charge in [-0.15, -0.1) is 0 Å². The van der Waals surface area contributed by atoms with Crippen molar-refractivity contribution in [2.45, 2.75) is 26.3 Å². The van der Waals surface area contributed by atoms with Crippen LogP contribution >= 0.6 is 0 Å². The Morgan fingerprint density at radius 1 is 1.12 bits per heavy atom. The highest BCUT2D eigenvalue weighted by molar-refractivity contribution is 5.94. The lowest BCUT2D eigenvalue weighted by Gasteiger charge is -2.05. The molecular formula is C19H22N2O3. The minimum Gasteiger partial charge on any atom is -0.467 e. The summed E-state index contributed by atoms with van der Waals surface area (Å²) in [5.74, 6) is 0.566. The molecule has 24 heavy (non-hydrogen) atoms. The highest BCUT2D eigenvalue weighted by Gasteiger charge is 2.04. The largest absolute Gasteiger partial charge is 0.467 e. The zero-order valence-corrected chi connectivity index (χ0v) is 13.9. The van der Waals surface area contributed by atoms with Gasteiger partial charge in [0.2, 0.25) is 11.8 Å². The molecule has 2 amide bonds. The molecule has 0 aliphatic heterocycles. The Morgan fingerprint density at radius 3 is 2.50 bits per heavy atom. The third-order valence-corrected chi connectivity index (χ3v) is 3.49. The molecule has 5 heteroatoms. The SMILES string of the molecule is CC(C)c1ccc(/C=C/C(=O)NCC(=O)NCc2ccco2)cc1. The lowest BCUT2D eigenvalue weighted by molar-refractivity contribution is -0.124. The van der Waals surface area contributed by atoms with Gasteiger partial charge in [-0.3, -0.25) is 9.59 Å². The van der Waals surface area contributed by atoms with Gasteiger partial charge in [0.1, 0.15) is 5.76 Å². The Morgan fingerprint density at radius 2 is 1.88 bits per heavy atom. The molecule has 1 aromatic carbocycles. The number of rotatable bonds is 7. The van der Waals surface area contributed by atoms with Crippen LogP contribution in [-0.2, 0) is 16.1 Å². The van der Waals surface area contributed by atoms with Crippen LogP contribution in [0.4, 0.5) is 0 Å². The van der Waals surface area contributed by atoms with Gasteiger partial charge < -0.3 is 15.1 Å². The minimum atomic E-state index is -0.309. The molecule has 0 aliphatic rings. The van der Waals surface area contributed by atoms with E-state index in [-0.39, 0.29) is 18.4 Å². The summed E-state index contributed by atoms with van der Waals surface area (Å²) in [7, 11) is 0. The molecular weight excluding hydrogens is 304 g/mol. The van der Waals surface area contributed by atoms with Gasteiger partial charge in [-0.05, 0) is 35.3 Å². The predicted octanol–water partition coefficient (Wildman–Crippen LogP) is 2.85. The molecule has 0 atom stereocenters. The zero-order valence-electron chi connectivity index (χ0n) is 13.9. The number of hydrogen-bond acceptors (Lipinski definition) is 3. The van der Waals surface area contributed by atoms with E-state index in [1.54, 1.807) is 24.5 Å². The van der Waals surface area contributed by atoms with Gasteiger partial charge in [-0.2, -0.15) is 0 Å². The third kappa shape index (κ3) is 5.76. The predicted molar refractivity (Wildman–Crippen MR) is 93.1 cm³/mol. The minimum absolute atomic E-state index is 0.0732. The first-order chi connectivity index (χ1) is 11.5.